The second-order valence-corrected chi connectivity index (χ2v) is 5.92. The van der Waals surface area contributed by atoms with Crippen molar-refractivity contribution in [1.82, 2.24) is 14.7 Å². The minimum atomic E-state index is -0.0558. The van der Waals surface area contributed by atoms with E-state index in [0.717, 1.165) is 38.0 Å². The van der Waals surface area contributed by atoms with Crippen LogP contribution in [0.1, 0.15) is 26.2 Å². The molecular weight excluding hydrogens is 308 g/mol. The average molecular weight is 329 g/mol. The number of aryl methyl sites for hydroxylation is 1. The van der Waals surface area contributed by atoms with Gasteiger partial charge in [0.1, 0.15) is 4.47 Å². The Morgan fingerprint density at radius 3 is 2.79 bits per heavy atom. The van der Waals surface area contributed by atoms with Crippen LogP contribution in [0.4, 0.5) is 5.69 Å². The van der Waals surface area contributed by atoms with Crippen LogP contribution in [0.2, 0.25) is 0 Å². The molecule has 1 aliphatic rings. The van der Waals surface area contributed by atoms with Gasteiger partial charge in [-0.25, -0.2) is 4.68 Å². The summed E-state index contributed by atoms with van der Waals surface area (Å²) in [6.07, 6.45) is 4.85. The molecule has 1 saturated heterocycles. The van der Waals surface area contributed by atoms with Crippen LogP contribution in [0.15, 0.2) is 15.5 Å². The minimum Gasteiger partial charge on any atom is -0.380 e. The summed E-state index contributed by atoms with van der Waals surface area (Å²) in [6.45, 7) is 4.88. The maximum atomic E-state index is 12.1. The Bertz CT molecular complexity index is 480. The molecule has 0 aromatic carbocycles. The lowest BCUT2D eigenvalue weighted by molar-refractivity contribution is 0.264. The topological polar surface area (TPSA) is 50.2 Å². The Hall–Kier alpha value is -0.880. The third kappa shape index (κ3) is 3.57. The number of nitrogens with zero attached hydrogens (tertiary/aromatic N) is 3. The standard InChI is InChI=1S/C13H21BrN4O/c1-3-6-18-13(19)12(14)11(9-15-18)16-10-4-7-17(2)8-5-10/h9-10,16H,3-8H2,1-2H3. The van der Waals surface area contributed by atoms with Crippen LogP contribution in [0, 0.1) is 0 Å². The lowest BCUT2D eigenvalue weighted by atomic mass is 10.1. The summed E-state index contributed by atoms with van der Waals surface area (Å²) in [5.74, 6) is 0. The van der Waals surface area contributed by atoms with E-state index in [-0.39, 0.29) is 5.56 Å². The number of likely N-dealkylation sites (tertiary alicyclic amines) is 1. The number of aromatic nitrogens is 2. The average Bonchev–Trinajstić information content (AvgIpc) is 2.41. The van der Waals surface area contributed by atoms with Gasteiger partial charge in [-0.3, -0.25) is 4.79 Å². The second kappa shape index (κ2) is 6.52. The van der Waals surface area contributed by atoms with E-state index < -0.39 is 0 Å². The molecule has 0 saturated carbocycles. The fourth-order valence-corrected chi connectivity index (χ4v) is 2.73. The number of piperidine rings is 1. The van der Waals surface area contributed by atoms with Crippen molar-refractivity contribution in [3.63, 3.8) is 0 Å². The third-order valence-corrected chi connectivity index (χ3v) is 4.26. The lowest BCUT2D eigenvalue weighted by Gasteiger charge is -2.30. The van der Waals surface area contributed by atoms with Gasteiger partial charge >= 0.3 is 0 Å². The second-order valence-electron chi connectivity index (χ2n) is 5.12. The van der Waals surface area contributed by atoms with Gasteiger partial charge in [0.15, 0.2) is 0 Å². The molecular formula is C13H21BrN4O. The van der Waals surface area contributed by atoms with Crippen LogP contribution >= 0.6 is 15.9 Å². The van der Waals surface area contributed by atoms with E-state index in [9.17, 15) is 4.79 Å². The van der Waals surface area contributed by atoms with Gasteiger partial charge in [-0.2, -0.15) is 5.10 Å². The van der Waals surface area contributed by atoms with Crippen molar-refractivity contribution in [2.24, 2.45) is 0 Å². The molecule has 1 aliphatic heterocycles. The van der Waals surface area contributed by atoms with Crippen LogP contribution in [0.5, 0.6) is 0 Å². The SMILES string of the molecule is CCCn1ncc(NC2CCN(C)CC2)c(Br)c1=O. The molecule has 1 aromatic rings. The van der Waals surface area contributed by atoms with Crippen molar-refractivity contribution >= 4 is 21.6 Å². The molecule has 2 rings (SSSR count). The first kappa shape index (κ1) is 14.5. The molecule has 1 aromatic heterocycles. The summed E-state index contributed by atoms with van der Waals surface area (Å²) in [4.78, 5) is 14.4. The Kier molecular flexibility index (Phi) is 4.99. The van der Waals surface area contributed by atoms with E-state index in [1.54, 1.807) is 6.20 Å². The predicted octanol–water partition coefficient (Wildman–Crippen LogP) is 1.92. The number of anilines is 1. The van der Waals surface area contributed by atoms with Gasteiger partial charge in [-0.15, -0.1) is 0 Å². The van der Waals surface area contributed by atoms with E-state index in [1.807, 2.05) is 6.92 Å². The van der Waals surface area contributed by atoms with Gasteiger partial charge in [0.05, 0.1) is 11.9 Å². The first-order valence-corrected chi connectivity index (χ1v) is 7.61. The van der Waals surface area contributed by atoms with E-state index >= 15 is 0 Å². The maximum absolute atomic E-state index is 12.1. The number of hydrogen-bond donors (Lipinski definition) is 1. The summed E-state index contributed by atoms with van der Waals surface area (Å²) in [5, 5.41) is 7.64. The molecule has 0 spiro atoms. The highest BCUT2D eigenvalue weighted by molar-refractivity contribution is 9.10. The largest absolute Gasteiger partial charge is 0.380 e. The molecule has 0 unspecified atom stereocenters. The Labute approximate surface area is 122 Å². The zero-order chi connectivity index (χ0) is 13.8. The maximum Gasteiger partial charge on any atom is 0.283 e. The summed E-state index contributed by atoms with van der Waals surface area (Å²) in [7, 11) is 2.14. The molecule has 1 fully saturated rings. The predicted molar refractivity (Wildman–Crippen MR) is 80.6 cm³/mol. The molecule has 1 N–H and O–H groups in total. The van der Waals surface area contributed by atoms with Crippen LogP contribution in [0.3, 0.4) is 0 Å². The summed E-state index contributed by atoms with van der Waals surface area (Å²) < 4.78 is 2.10. The third-order valence-electron chi connectivity index (χ3n) is 3.50. The number of hydrogen-bond acceptors (Lipinski definition) is 4. The van der Waals surface area contributed by atoms with Crippen LogP contribution in [0.25, 0.3) is 0 Å². The number of rotatable bonds is 4. The van der Waals surface area contributed by atoms with Crippen molar-refractivity contribution in [1.29, 1.82) is 0 Å². The fraction of sp³-hybridized carbons (Fsp3) is 0.692. The Morgan fingerprint density at radius 1 is 1.47 bits per heavy atom. The summed E-state index contributed by atoms with van der Waals surface area (Å²) in [6, 6.07) is 0.427. The van der Waals surface area contributed by atoms with Gasteiger partial charge < -0.3 is 10.2 Å². The fourth-order valence-electron chi connectivity index (χ4n) is 2.31. The quantitative estimate of drug-likeness (QED) is 0.917. The summed E-state index contributed by atoms with van der Waals surface area (Å²) in [5.41, 5.74) is 0.756. The zero-order valence-corrected chi connectivity index (χ0v) is 13.1. The minimum absolute atomic E-state index is 0.0558. The molecule has 106 valence electrons. The molecule has 0 aliphatic carbocycles. The van der Waals surface area contributed by atoms with Gasteiger partial charge in [-0.05, 0) is 55.3 Å². The highest BCUT2D eigenvalue weighted by atomic mass is 79.9. The molecule has 5 nitrogen and oxygen atoms in total. The number of nitrogens with one attached hydrogen (secondary N) is 1. The van der Waals surface area contributed by atoms with E-state index in [4.69, 9.17) is 0 Å². The summed E-state index contributed by atoms with van der Waals surface area (Å²) >= 11 is 3.39. The zero-order valence-electron chi connectivity index (χ0n) is 11.5. The van der Waals surface area contributed by atoms with E-state index in [0.29, 0.717) is 17.1 Å². The van der Waals surface area contributed by atoms with Gasteiger partial charge in [-0.1, -0.05) is 6.92 Å². The van der Waals surface area contributed by atoms with Crippen LogP contribution < -0.4 is 10.9 Å². The van der Waals surface area contributed by atoms with Crippen molar-refractivity contribution in [3.8, 4) is 0 Å². The highest BCUT2D eigenvalue weighted by Crippen LogP contribution is 2.20. The highest BCUT2D eigenvalue weighted by Gasteiger charge is 2.18. The van der Waals surface area contributed by atoms with Crippen molar-refractivity contribution in [2.45, 2.75) is 38.8 Å². The first-order chi connectivity index (χ1) is 9.11. The Morgan fingerprint density at radius 2 is 2.16 bits per heavy atom. The molecule has 0 atom stereocenters. The molecule has 6 heteroatoms. The van der Waals surface area contributed by atoms with Gasteiger partial charge in [0.25, 0.3) is 5.56 Å². The van der Waals surface area contributed by atoms with Gasteiger partial charge in [0, 0.05) is 12.6 Å². The van der Waals surface area contributed by atoms with Crippen LogP contribution in [-0.2, 0) is 6.54 Å². The van der Waals surface area contributed by atoms with Crippen molar-refractivity contribution in [3.05, 3.63) is 21.0 Å². The van der Waals surface area contributed by atoms with Crippen molar-refractivity contribution < 1.29 is 0 Å². The molecule has 0 radical (unpaired) electrons. The van der Waals surface area contributed by atoms with E-state index in [1.165, 1.54) is 4.68 Å². The number of halogens is 1. The Balaban J connectivity index is 2.09. The normalized spacial score (nSPS) is 17.6. The van der Waals surface area contributed by atoms with E-state index in [2.05, 4.69) is 38.3 Å². The molecule has 0 bridgehead atoms. The monoisotopic (exact) mass is 328 g/mol. The molecule has 19 heavy (non-hydrogen) atoms. The lowest BCUT2D eigenvalue weighted by Crippen LogP contribution is -2.37. The first-order valence-electron chi connectivity index (χ1n) is 6.82. The van der Waals surface area contributed by atoms with Crippen LogP contribution in [-0.4, -0.2) is 40.9 Å². The van der Waals surface area contributed by atoms with Crippen molar-refractivity contribution in [2.75, 3.05) is 25.5 Å². The van der Waals surface area contributed by atoms with Gasteiger partial charge in [0.2, 0.25) is 0 Å². The smallest absolute Gasteiger partial charge is 0.283 e. The molecule has 0 amide bonds. The molecule has 2 heterocycles.